The standard InChI is InChI=1S/C20H20O2/c21-14-6-10-18-13-12-17-9-4-5-11-19(17)20(18)22-15-16-7-2-1-3-8-16/h1-5,7-9,11-13,21H,6,10,14-15H2. The van der Waals surface area contributed by atoms with Gasteiger partial charge >= 0.3 is 0 Å². The quantitative estimate of drug-likeness (QED) is 0.732. The van der Waals surface area contributed by atoms with Gasteiger partial charge in [0.05, 0.1) is 0 Å². The predicted molar refractivity (Wildman–Crippen MR) is 90.1 cm³/mol. The molecule has 3 rings (SSSR count). The second kappa shape index (κ2) is 7.10. The Morgan fingerprint density at radius 3 is 2.41 bits per heavy atom. The van der Waals surface area contributed by atoms with Crippen LogP contribution in [0.25, 0.3) is 10.8 Å². The molecule has 2 heteroatoms. The van der Waals surface area contributed by atoms with E-state index < -0.39 is 0 Å². The number of fused-ring (bicyclic) bond motifs is 1. The molecule has 0 atom stereocenters. The van der Waals surface area contributed by atoms with Crippen LogP contribution in [-0.4, -0.2) is 11.7 Å². The highest BCUT2D eigenvalue weighted by Crippen LogP contribution is 2.31. The topological polar surface area (TPSA) is 29.5 Å². The Kier molecular flexibility index (Phi) is 4.71. The smallest absolute Gasteiger partial charge is 0.130 e. The van der Waals surface area contributed by atoms with Gasteiger partial charge in [-0.2, -0.15) is 0 Å². The maximum absolute atomic E-state index is 9.10. The molecule has 0 aliphatic heterocycles. The zero-order chi connectivity index (χ0) is 15.2. The highest BCUT2D eigenvalue weighted by molar-refractivity contribution is 5.89. The molecule has 0 heterocycles. The number of aliphatic hydroxyl groups excluding tert-OH is 1. The molecule has 0 radical (unpaired) electrons. The van der Waals surface area contributed by atoms with Crippen molar-refractivity contribution in [3.05, 3.63) is 77.9 Å². The Balaban J connectivity index is 1.93. The lowest BCUT2D eigenvalue weighted by Crippen LogP contribution is -2.00. The molecule has 112 valence electrons. The Morgan fingerprint density at radius 2 is 1.59 bits per heavy atom. The minimum Gasteiger partial charge on any atom is -0.488 e. The number of hydrogen-bond acceptors (Lipinski definition) is 2. The van der Waals surface area contributed by atoms with Gasteiger partial charge in [-0.3, -0.25) is 0 Å². The minimum absolute atomic E-state index is 0.199. The van der Waals surface area contributed by atoms with Crippen molar-refractivity contribution < 1.29 is 9.84 Å². The Bertz CT molecular complexity index is 735. The van der Waals surface area contributed by atoms with Crippen molar-refractivity contribution in [3.63, 3.8) is 0 Å². The van der Waals surface area contributed by atoms with E-state index in [0.717, 1.165) is 35.1 Å². The zero-order valence-corrected chi connectivity index (χ0v) is 12.5. The zero-order valence-electron chi connectivity index (χ0n) is 12.5. The monoisotopic (exact) mass is 292 g/mol. The molecule has 1 N–H and O–H groups in total. The molecule has 0 unspecified atom stereocenters. The fourth-order valence-electron chi connectivity index (χ4n) is 2.65. The van der Waals surface area contributed by atoms with Crippen molar-refractivity contribution in [1.82, 2.24) is 0 Å². The molecule has 3 aromatic carbocycles. The summed E-state index contributed by atoms with van der Waals surface area (Å²) in [4.78, 5) is 0. The van der Waals surface area contributed by atoms with E-state index in [2.05, 4.69) is 36.4 Å². The van der Waals surface area contributed by atoms with Crippen molar-refractivity contribution in [2.45, 2.75) is 19.4 Å². The molecule has 0 aromatic heterocycles. The van der Waals surface area contributed by atoms with Crippen molar-refractivity contribution in [1.29, 1.82) is 0 Å². The second-order valence-electron chi connectivity index (χ2n) is 5.38. The molecule has 0 fully saturated rings. The summed E-state index contributed by atoms with van der Waals surface area (Å²) in [5.74, 6) is 0.940. The molecule has 3 aromatic rings. The summed E-state index contributed by atoms with van der Waals surface area (Å²) in [6.07, 6.45) is 1.57. The fourth-order valence-corrected chi connectivity index (χ4v) is 2.65. The van der Waals surface area contributed by atoms with Crippen LogP contribution >= 0.6 is 0 Å². The summed E-state index contributed by atoms with van der Waals surface area (Å²) in [6.45, 7) is 0.756. The van der Waals surface area contributed by atoms with Crippen LogP contribution in [-0.2, 0) is 13.0 Å². The third-order valence-corrected chi connectivity index (χ3v) is 3.79. The van der Waals surface area contributed by atoms with Crippen LogP contribution in [0.2, 0.25) is 0 Å². The molecule has 0 bridgehead atoms. The number of aliphatic hydroxyl groups is 1. The second-order valence-corrected chi connectivity index (χ2v) is 5.38. The molecular weight excluding hydrogens is 272 g/mol. The van der Waals surface area contributed by atoms with Gasteiger partial charge in [0, 0.05) is 12.0 Å². The van der Waals surface area contributed by atoms with Crippen molar-refractivity contribution >= 4 is 10.8 Å². The SMILES string of the molecule is OCCCc1ccc2ccccc2c1OCc1ccccc1. The summed E-state index contributed by atoms with van der Waals surface area (Å²) < 4.78 is 6.15. The summed E-state index contributed by atoms with van der Waals surface area (Å²) in [5, 5.41) is 11.4. The van der Waals surface area contributed by atoms with Crippen LogP contribution in [0, 0.1) is 0 Å². The number of ether oxygens (including phenoxy) is 1. The molecule has 0 aliphatic rings. The Hall–Kier alpha value is -2.32. The van der Waals surface area contributed by atoms with Gasteiger partial charge < -0.3 is 9.84 Å². The first-order valence-electron chi connectivity index (χ1n) is 7.66. The van der Waals surface area contributed by atoms with Crippen LogP contribution in [0.15, 0.2) is 66.7 Å². The largest absolute Gasteiger partial charge is 0.488 e. The molecule has 0 saturated heterocycles. The van der Waals surface area contributed by atoms with Gasteiger partial charge in [0.2, 0.25) is 0 Å². The summed E-state index contributed by atoms with van der Waals surface area (Å²) in [5.41, 5.74) is 2.31. The molecule has 22 heavy (non-hydrogen) atoms. The van der Waals surface area contributed by atoms with Gasteiger partial charge in [-0.1, -0.05) is 66.7 Å². The van der Waals surface area contributed by atoms with E-state index in [4.69, 9.17) is 9.84 Å². The van der Waals surface area contributed by atoms with Crippen LogP contribution in [0.3, 0.4) is 0 Å². The van der Waals surface area contributed by atoms with Crippen LogP contribution in [0.5, 0.6) is 5.75 Å². The van der Waals surface area contributed by atoms with E-state index >= 15 is 0 Å². The van der Waals surface area contributed by atoms with Gasteiger partial charge in [0.1, 0.15) is 12.4 Å². The lowest BCUT2D eigenvalue weighted by molar-refractivity contribution is 0.284. The van der Waals surface area contributed by atoms with Gasteiger partial charge in [0.25, 0.3) is 0 Å². The van der Waals surface area contributed by atoms with E-state index in [1.165, 1.54) is 5.39 Å². The van der Waals surface area contributed by atoms with Crippen LogP contribution in [0.1, 0.15) is 17.5 Å². The summed E-state index contributed by atoms with van der Waals surface area (Å²) in [7, 11) is 0. The fraction of sp³-hybridized carbons (Fsp3) is 0.200. The van der Waals surface area contributed by atoms with E-state index in [0.29, 0.717) is 6.61 Å². The maximum atomic E-state index is 9.10. The highest BCUT2D eigenvalue weighted by Gasteiger charge is 2.09. The first kappa shape index (κ1) is 14.6. The highest BCUT2D eigenvalue weighted by atomic mass is 16.5. The average molecular weight is 292 g/mol. The third kappa shape index (κ3) is 3.29. The van der Waals surface area contributed by atoms with Gasteiger partial charge in [-0.15, -0.1) is 0 Å². The molecule has 2 nitrogen and oxygen atoms in total. The molecular formula is C20H20O2. The van der Waals surface area contributed by atoms with Crippen molar-refractivity contribution in [3.8, 4) is 5.75 Å². The Labute approximate surface area is 131 Å². The van der Waals surface area contributed by atoms with E-state index in [-0.39, 0.29) is 6.61 Å². The van der Waals surface area contributed by atoms with E-state index in [1.54, 1.807) is 0 Å². The maximum Gasteiger partial charge on any atom is 0.130 e. The molecule has 0 amide bonds. The van der Waals surface area contributed by atoms with Gasteiger partial charge in [-0.25, -0.2) is 0 Å². The van der Waals surface area contributed by atoms with E-state index in [9.17, 15) is 0 Å². The predicted octanol–water partition coefficient (Wildman–Crippen LogP) is 4.34. The van der Waals surface area contributed by atoms with Gasteiger partial charge in [0.15, 0.2) is 0 Å². The Morgan fingerprint density at radius 1 is 0.818 bits per heavy atom. The van der Waals surface area contributed by atoms with E-state index in [1.807, 2.05) is 30.3 Å². The van der Waals surface area contributed by atoms with Crippen molar-refractivity contribution in [2.24, 2.45) is 0 Å². The molecule has 0 spiro atoms. The summed E-state index contributed by atoms with van der Waals surface area (Å²) >= 11 is 0. The van der Waals surface area contributed by atoms with Gasteiger partial charge in [-0.05, 0) is 29.4 Å². The van der Waals surface area contributed by atoms with Crippen molar-refractivity contribution in [2.75, 3.05) is 6.61 Å². The number of benzene rings is 3. The van der Waals surface area contributed by atoms with Crippen LogP contribution in [0.4, 0.5) is 0 Å². The number of hydrogen-bond donors (Lipinski definition) is 1. The summed E-state index contributed by atoms with van der Waals surface area (Å²) in [6, 6.07) is 22.7. The number of rotatable bonds is 6. The third-order valence-electron chi connectivity index (χ3n) is 3.79. The first-order valence-corrected chi connectivity index (χ1v) is 7.66. The lowest BCUT2D eigenvalue weighted by atomic mass is 10.0. The minimum atomic E-state index is 0.199. The normalized spacial score (nSPS) is 10.8. The lowest BCUT2D eigenvalue weighted by Gasteiger charge is -2.14. The van der Waals surface area contributed by atoms with Crippen LogP contribution < -0.4 is 4.74 Å². The average Bonchev–Trinajstić information content (AvgIpc) is 2.59. The molecule has 0 saturated carbocycles. The first-order chi connectivity index (χ1) is 10.9. The number of aryl methyl sites for hydroxylation is 1. The molecule has 0 aliphatic carbocycles.